The highest BCUT2D eigenvalue weighted by atomic mass is 16.5. The van der Waals surface area contributed by atoms with Crippen LogP contribution in [-0.4, -0.2) is 35.2 Å². The highest BCUT2D eigenvalue weighted by molar-refractivity contribution is 5.76. The summed E-state index contributed by atoms with van der Waals surface area (Å²) in [7, 11) is 1.64. The van der Waals surface area contributed by atoms with Gasteiger partial charge in [0.1, 0.15) is 6.61 Å². The molecule has 1 amide bonds. The van der Waals surface area contributed by atoms with Gasteiger partial charge < -0.3 is 19.4 Å². The van der Waals surface area contributed by atoms with Crippen LogP contribution in [0.2, 0.25) is 0 Å². The van der Waals surface area contributed by atoms with E-state index in [1.54, 1.807) is 19.6 Å². The molecule has 0 atom stereocenters. The minimum absolute atomic E-state index is 0.138. The molecule has 1 aromatic heterocycles. The number of amides is 1. The molecule has 152 valence electrons. The summed E-state index contributed by atoms with van der Waals surface area (Å²) in [6.45, 7) is 3.55. The maximum atomic E-state index is 12.3. The highest BCUT2D eigenvalue weighted by Crippen LogP contribution is 2.29. The topological polar surface area (TPSA) is 65.4 Å². The number of nitrogens with zero attached hydrogens (tertiary/aromatic N) is 2. The number of ether oxygens (including phenoxy) is 2. The molecule has 1 saturated carbocycles. The lowest BCUT2D eigenvalue weighted by Crippen LogP contribution is -2.37. The number of carbonyl (C=O) groups is 1. The second kappa shape index (κ2) is 10.2. The third kappa shape index (κ3) is 6.01. The van der Waals surface area contributed by atoms with Crippen LogP contribution >= 0.6 is 0 Å². The van der Waals surface area contributed by atoms with E-state index in [-0.39, 0.29) is 5.91 Å². The molecule has 1 heterocycles. The maximum Gasteiger partial charge on any atom is 0.220 e. The van der Waals surface area contributed by atoms with Gasteiger partial charge in [0, 0.05) is 24.9 Å². The first-order chi connectivity index (χ1) is 13.6. The number of rotatable bonds is 9. The summed E-state index contributed by atoms with van der Waals surface area (Å²) in [5.41, 5.74) is 1.08. The van der Waals surface area contributed by atoms with E-state index in [9.17, 15) is 4.79 Å². The van der Waals surface area contributed by atoms with Crippen molar-refractivity contribution in [1.29, 1.82) is 0 Å². The van der Waals surface area contributed by atoms with Gasteiger partial charge in [-0.05, 0) is 55.7 Å². The zero-order valence-electron chi connectivity index (χ0n) is 16.9. The van der Waals surface area contributed by atoms with Crippen molar-refractivity contribution in [2.45, 2.75) is 58.0 Å². The molecule has 0 bridgehead atoms. The molecule has 3 rings (SSSR count). The lowest BCUT2D eigenvalue weighted by molar-refractivity contribution is -0.122. The van der Waals surface area contributed by atoms with Gasteiger partial charge in [-0.3, -0.25) is 4.79 Å². The monoisotopic (exact) mass is 385 g/mol. The fourth-order valence-electron chi connectivity index (χ4n) is 3.63. The normalized spacial score (nSPS) is 19.2. The van der Waals surface area contributed by atoms with Crippen molar-refractivity contribution in [3.8, 4) is 11.5 Å². The van der Waals surface area contributed by atoms with Gasteiger partial charge in [0.15, 0.2) is 11.5 Å². The van der Waals surface area contributed by atoms with E-state index >= 15 is 0 Å². The van der Waals surface area contributed by atoms with Crippen molar-refractivity contribution in [3.63, 3.8) is 0 Å². The first-order valence-electron chi connectivity index (χ1n) is 10.2. The van der Waals surface area contributed by atoms with E-state index in [1.165, 1.54) is 12.8 Å². The zero-order valence-corrected chi connectivity index (χ0v) is 16.9. The van der Waals surface area contributed by atoms with Gasteiger partial charge in [-0.2, -0.15) is 0 Å². The lowest BCUT2D eigenvalue weighted by atomic mass is 9.87. The summed E-state index contributed by atoms with van der Waals surface area (Å²) in [5, 5.41) is 3.19. The fraction of sp³-hybridized carbons (Fsp3) is 0.545. The van der Waals surface area contributed by atoms with Crippen LogP contribution in [0.15, 0.2) is 36.9 Å². The summed E-state index contributed by atoms with van der Waals surface area (Å²) < 4.78 is 13.3. The predicted octanol–water partition coefficient (Wildman–Crippen LogP) is 3.60. The molecular formula is C22H31N3O3. The second-order valence-corrected chi connectivity index (χ2v) is 7.66. The van der Waals surface area contributed by atoms with Crippen molar-refractivity contribution in [1.82, 2.24) is 14.9 Å². The minimum Gasteiger partial charge on any atom is -0.493 e. The summed E-state index contributed by atoms with van der Waals surface area (Å²) in [6.07, 6.45) is 11.2. The predicted molar refractivity (Wildman–Crippen MR) is 109 cm³/mol. The average Bonchev–Trinajstić information content (AvgIpc) is 3.22. The first-order valence-corrected chi connectivity index (χ1v) is 10.2. The van der Waals surface area contributed by atoms with E-state index in [0.717, 1.165) is 30.9 Å². The number of hydrogen-bond acceptors (Lipinski definition) is 4. The number of imidazole rings is 1. The Labute approximate surface area is 167 Å². The van der Waals surface area contributed by atoms with Gasteiger partial charge in [-0.15, -0.1) is 0 Å². The molecule has 1 aliphatic rings. The van der Waals surface area contributed by atoms with Gasteiger partial charge in [0.25, 0.3) is 0 Å². The maximum absolute atomic E-state index is 12.3. The Bertz CT molecular complexity index is 737. The molecule has 0 aliphatic heterocycles. The molecule has 0 spiro atoms. The number of aryl methyl sites for hydroxylation is 1. The third-order valence-electron chi connectivity index (χ3n) is 5.42. The standard InChI is InChI=1S/C22H31N3O3/c1-17-3-7-19(8-4-17)24-22(26)10-6-18-5-9-20(21(15-18)27-2)28-14-13-25-12-11-23-16-25/h5,9,11-12,15-17,19H,3-4,6-8,10,13-14H2,1-2H3,(H,24,26)/t17-,19-. The third-order valence-corrected chi connectivity index (χ3v) is 5.42. The van der Waals surface area contributed by atoms with Gasteiger partial charge in [0.2, 0.25) is 5.91 Å². The van der Waals surface area contributed by atoms with Gasteiger partial charge in [0.05, 0.1) is 20.0 Å². The molecule has 2 aromatic rings. The van der Waals surface area contributed by atoms with Crippen LogP contribution in [-0.2, 0) is 17.8 Å². The van der Waals surface area contributed by atoms with E-state index in [2.05, 4.69) is 17.2 Å². The van der Waals surface area contributed by atoms with Crippen LogP contribution in [0.4, 0.5) is 0 Å². The number of benzene rings is 1. The quantitative estimate of drug-likeness (QED) is 0.716. The molecule has 6 nitrogen and oxygen atoms in total. The number of nitrogens with one attached hydrogen (secondary N) is 1. The molecule has 1 aromatic carbocycles. The van der Waals surface area contributed by atoms with Crippen molar-refractivity contribution < 1.29 is 14.3 Å². The Morgan fingerprint density at radius 2 is 2.07 bits per heavy atom. The van der Waals surface area contributed by atoms with Crippen molar-refractivity contribution in [3.05, 3.63) is 42.5 Å². The van der Waals surface area contributed by atoms with Crippen LogP contribution in [0.25, 0.3) is 0 Å². The van der Waals surface area contributed by atoms with Crippen LogP contribution < -0.4 is 14.8 Å². The summed E-state index contributed by atoms with van der Waals surface area (Å²) in [6, 6.07) is 6.24. The average molecular weight is 386 g/mol. The number of aromatic nitrogens is 2. The first kappa shape index (κ1) is 20.2. The van der Waals surface area contributed by atoms with E-state index < -0.39 is 0 Å². The van der Waals surface area contributed by atoms with E-state index in [4.69, 9.17) is 9.47 Å². The minimum atomic E-state index is 0.138. The zero-order chi connectivity index (χ0) is 19.8. The molecule has 0 unspecified atom stereocenters. The Balaban J connectivity index is 1.45. The second-order valence-electron chi connectivity index (χ2n) is 7.66. The smallest absolute Gasteiger partial charge is 0.220 e. The van der Waals surface area contributed by atoms with E-state index in [1.807, 2.05) is 29.0 Å². The summed E-state index contributed by atoms with van der Waals surface area (Å²) in [5.74, 6) is 2.34. The lowest BCUT2D eigenvalue weighted by Gasteiger charge is -2.26. The van der Waals surface area contributed by atoms with Gasteiger partial charge in [-0.1, -0.05) is 13.0 Å². The number of hydrogen-bond donors (Lipinski definition) is 1. The Morgan fingerprint density at radius 3 is 2.79 bits per heavy atom. The Hall–Kier alpha value is -2.50. The van der Waals surface area contributed by atoms with Gasteiger partial charge >= 0.3 is 0 Å². The largest absolute Gasteiger partial charge is 0.493 e. The van der Waals surface area contributed by atoms with Crippen molar-refractivity contribution in [2.24, 2.45) is 5.92 Å². The van der Waals surface area contributed by atoms with Crippen molar-refractivity contribution >= 4 is 5.91 Å². The molecule has 1 aliphatic carbocycles. The van der Waals surface area contributed by atoms with Crippen LogP contribution in [0, 0.1) is 5.92 Å². The molecule has 28 heavy (non-hydrogen) atoms. The number of methoxy groups -OCH3 is 1. The molecule has 1 N–H and O–H groups in total. The summed E-state index contributed by atoms with van der Waals surface area (Å²) >= 11 is 0. The fourth-order valence-corrected chi connectivity index (χ4v) is 3.63. The van der Waals surface area contributed by atoms with Gasteiger partial charge in [-0.25, -0.2) is 4.98 Å². The molecule has 1 fully saturated rings. The molecule has 0 saturated heterocycles. The highest BCUT2D eigenvalue weighted by Gasteiger charge is 2.19. The van der Waals surface area contributed by atoms with Crippen LogP contribution in [0.5, 0.6) is 11.5 Å². The Kier molecular flexibility index (Phi) is 7.34. The molecule has 6 heteroatoms. The van der Waals surface area contributed by atoms with Crippen molar-refractivity contribution in [2.75, 3.05) is 13.7 Å². The van der Waals surface area contributed by atoms with E-state index in [0.29, 0.717) is 37.0 Å². The SMILES string of the molecule is COc1cc(CCC(=O)N[C@H]2CC[C@H](C)CC2)ccc1OCCn1ccnc1. The van der Waals surface area contributed by atoms with Crippen LogP contribution in [0.1, 0.15) is 44.6 Å². The summed E-state index contributed by atoms with van der Waals surface area (Å²) in [4.78, 5) is 16.3. The number of carbonyl (C=O) groups excluding carboxylic acids is 1. The molecular weight excluding hydrogens is 354 g/mol. The van der Waals surface area contributed by atoms with Crippen LogP contribution in [0.3, 0.4) is 0 Å². The Morgan fingerprint density at radius 1 is 1.25 bits per heavy atom. The molecule has 0 radical (unpaired) electrons.